The SMILES string of the molecule is CC(=O)N=C(NC(C)=O)c1nc(C)c(C)[nH]1. The summed E-state index contributed by atoms with van der Waals surface area (Å²) in [6.07, 6.45) is 0. The molecule has 0 saturated carbocycles. The lowest BCUT2D eigenvalue weighted by atomic mass is 10.4. The lowest BCUT2D eigenvalue weighted by molar-refractivity contribution is -0.117. The van der Waals surface area contributed by atoms with Crippen molar-refractivity contribution in [2.75, 3.05) is 0 Å². The van der Waals surface area contributed by atoms with Gasteiger partial charge in [0.15, 0.2) is 11.7 Å². The maximum Gasteiger partial charge on any atom is 0.244 e. The number of carbonyl (C=O) groups is 2. The highest BCUT2D eigenvalue weighted by Crippen LogP contribution is 2.03. The zero-order valence-electron chi connectivity index (χ0n) is 9.71. The van der Waals surface area contributed by atoms with Gasteiger partial charge in [-0.25, -0.2) is 4.98 Å². The number of aromatic amines is 1. The number of nitrogens with zero attached hydrogens (tertiary/aromatic N) is 2. The largest absolute Gasteiger partial charge is 0.339 e. The number of amides is 2. The van der Waals surface area contributed by atoms with Gasteiger partial charge >= 0.3 is 0 Å². The summed E-state index contributed by atoms with van der Waals surface area (Å²) in [6, 6.07) is 0. The Labute approximate surface area is 93.2 Å². The first kappa shape index (κ1) is 12.1. The summed E-state index contributed by atoms with van der Waals surface area (Å²) in [4.78, 5) is 32.7. The fourth-order valence-corrected chi connectivity index (χ4v) is 1.12. The zero-order chi connectivity index (χ0) is 12.3. The Morgan fingerprint density at radius 2 is 1.94 bits per heavy atom. The third-order valence-electron chi connectivity index (χ3n) is 1.92. The van der Waals surface area contributed by atoms with Crippen molar-refractivity contribution in [3.05, 3.63) is 17.2 Å². The van der Waals surface area contributed by atoms with Crippen LogP contribution in [0.25, 0.3) is 0 Å². The van der Waals surface area contributed by atoms with Crippen LogP contribution in [-0.4, -0.2) is 27.6 Å². The number of aromatic nitrogens is 2. The van der Waals surface area contributed by atoms with E-state index in [0.717, 1.165) is 11.4 Å². The lowest BCUT2D eigenvalue weighted by Crippen LogP contribution is -2.30. The summed E-state index contributed by atoms with van der Waals surface area (Å²) in [6.45, 7) is 6.34. The molecule has 0 saturated heterocycles. The van der Waals surface area contributed by atoms with Gasteiger partial charge in [0.1, 0.15) is 0 Å². The molecule has 0 aliphatic carbocycles. The third-order valence-corrected chi connectivity index (χ3v) is 1.92. The van der Waals surface area contributed by atoms with E-state index in [1.807, 2.05) is 13.8 Å². The normalized spacial score (nSPS) is 11.4. The standard InChI is InChI=1S/C10H14N4O2/c1-5-6(2)12-9(11-5)10(13-7(3)15)14-8(4)16/h1-4H3,(H,11,12)(H,13,14,15,16). The first-order chi connectivity index (χ1) is 7.40. The van der Waals surface area contributed by atoms with E-state index >= 15 is 0 Å². The fourth-order valence-electron chi connectivity index (χ4n) is 1.12. The van der Waals surface area contributed by atoms with Crippen LogP contribution in [0.4, 0.5) is 0 Å². The molecule has 2 amide bonds. The molecule has 1 heterocycles. The second-order valence-electron chi connectivity index (χ2n) is 3.46. The Bertz CT molecular complexity index is 440. The second-order valence-corrected chi connectivity index (χ2v) is 3.46. The third kappa shape index (κ3) is 3.01. The van der Waals surface area contributed by atoms with Crippen LogP contribution in [0.15, 0.2) is 4.99 Å². The Morgan fingerprint density at radius 3 is 2.31 bits per heavy atom. The van der Waals surface area contributed by atoms with Gasteiger partial charge < -0.3 is 10.3 Å². The molecule has 6 nitrogen and oxygen atoms in total. The van der Waals surface area contributed by atoms with Crippen molar-refractivity contribution in [3.8, 4) is 0 Å². The average molecular weight is 222 g/mol. The molecule has 0 spiro atoms. The summed E-state index contributed by atoms with van der Waals surface area (Å²) in [7, 11) is 0. The number of aliphatic imine (C=N–C) groups is 1. The molecule has 0 aromatic carbocycles. The van der Waals surface area contributed by atoms with Crippen LogP contribution in [0.5, 0.6) is 0 Å². The molecule has 86 valence electrons. The van der Waals surface area contributed by atoms with Crippen LogP contribution >= 0.6 is 0 Å². The molecule has 0 aliphatic rings. The molecule has 0 aliphatic heterocycles. The molecule has 1 aromatic heterocycles. The minimum absolute atomic E-state index is 0.149. The van der Waals surface area contributed by atoms with Gasteiger partial charge in [-0.1, -0.05) is 0 Å². The predicted molar refractivity (Wildman–Crippen MR) is 59.1 cm³/mol. The molecule has 2 N–H and O–H groups in total. The van der Waals surface area contributed by atoms with E-state index in [2.05, 4.69) is 20.3 Å². The molecular weight excluding hydrogens is 208 g/mol. The van der Waals surface area contributed by atoms with E-state index in [1.54, 1.807) is 0 Å². The van der Waals surface area contributed by atoms with Gasteiger partial charge in [0.2, 0.25) is 11.8 Å². The second kappa shape index (κ2) is 4.69. The van der Waals surface area contributed by atoms with Crippen molar-refractivity contribution in [2.45, 2.75) is 27.7 Å². The van der Waals surface area contributed by atoms with E-state index < -0.39 is 5.91 Å². The predicted octanol–water partition coefficient (Wildman–Crippen LogP) is 0.456. The molecule has 0 fully saturated rings. The van der Waals surface area contributed by atoms with E-state index in [9.17, 15) is 9.59 Å². The van der Waals surface area contributed by atoms with Gasteiger partial charge in [0.05, 0.1) is 5.69 Å². The number of carbonyl (C=O) groups excluding carboxylic acids is 2. The summed E-state index contributed by atoms with van der Waals surface area (Å²) >= 11 is 0. The maximum atomic E-state index is 11.0. The highest BCUT2D eigenvalue weighted by Gasteiger charge is 2.11. The Kier molecular flexibility index (Phi) is 3.55. The van der Waals surface area contributed by atoms with Crippen molar-refractivity contribution in [1.82, 2.24) is 15.3 Å². The molecule has 6 heteroatoms. The molecule has 16 heavy (non-hydrogen) atoms. The summed E-state index contributed by atoms with van der Waals surface area (Å²) < 4.78 is 0. The summed E-state index contributed by atoms with van der Waals surface area (Å²) in [5.74, 6) is -0.154. The van der Waals surface area contributed by atoms with Crippen LogP contribution in [0.1, 0.15) is 31.1 Å². The Balaban J connectivity index is 3.10. The fraction of sp³-hybridized carbons (Fsp3) is 0.400. The Morgan fingerprint density at radius 1 is 1.31 bits per heavy atom. The number of hydrogen-bond acceptors (Lipinski definition) is 3. The van der Waals surface area contributed by atoms with E-state index in [-0.39, 0.29) is 11.7 Å². The maximum absolute atomic E-state index is 11.0. The number of imidazole rings is 1. The number of amidine groups is 1. The van der Waals surface area contributed by atoms with Gasteiger partial charge in [-0.15, -0.1) is 0 Å². The van der Waals surface area contributed by atoms with Gasteiger partial charge in [-0.3, -0.25) is 9.59 Å². The van der Waals surface area contributed by atoms with Gasteiger partial charge in [-0.05, 0) is 13.8 Å². The van der Waals surface area contributed by atoms with Crippen molar-refractivity contribution in [2.24, 2.45) is 4.99 Å². The van der Waals surface area contributed by atoms with Crippen LogP contribution in [-0.2, 0) is 9.59 Å². The van der Waals surface area contributed by atoms with Crippen molar-refractivity contribution in [3.63, 3.8) is 0 Å². The summed E-state index contributed by atoms with van der Waals surface area (Å²) in [5, 5.41) is 2.46. The smallest absolute Gasteiger partial charge is 0.244 e. The topological polar surface area (TPSA) is 87.2 Å². The van der Waals surface area contributed by atoms with Crippen LogP contribution in [0.2, 0.25) is 0 Å². The first-order valence-electron chi connectivity index (χ1n) is 4.80. The van der Waals surface area contributed by atoms with E-state index in [1.165, 1.54) is 13.8 Å². The minimum Gasteiger partial charge on any atom is -0.339 e. The number of rotatable bonds is 1. The molecule has 1 aromatic rings. The average Bonchev–Trinajstić information content (AvgIpc) is 2.44. The van der Waals surface area contributed by atoms with Crippen LogP contribution in [0, 0.1) is 13.8 Å². The molecule has 0 bridgehead atoms. The first-order valence-corrected chi connectivity index (χ1v) is 4.80. The van der Waals surface area contributed by atoms with E-state index in [4.69, 9.17) is 0 Å². The van der Waals surface area contributed by atoms with Crippen molar-refractivity contribution >= 4 is 17.6 Å². The highest BCUT2D eigenvalue weighted by molar-refractivity contribution is 6.09. The number of H-pyrrole nitrogens is 1. The molecule has 0 radical (unpaired) electrons. The zero-order valence-corrected chi connectivity index (χ0v) is 9.71. The monoisotopic (exact) mass is 222 g/mol. The minimum atomic E-state index is -0.393. The van der Waals surface area contributed by atoms with Gasteiger partial charge in [-0.2, -0.15) is 4.99 Å². The molecular formula is C10H14N4O2. The number of hydrogen-bond donors (Lipinski definition) is 2. The number of aryl methyl sites for hydroxylation is 2. The van der Waals surface area contributed by atoms with Gasteiger partial charge in [0, 0.05) is 19.5 Å². The quantitative estimate of drug-likeness (QED) is 0.534. The summed E-state index contributed by atoms with van der Waals surface area (Å²) in [5.41, 5.74) is 1.67. The molecule has 0 unspecified atom stereocenters. The highest BCUT2D eigenvalue weighted by atomic mass is 16.2. The molecule has 0 atom stereocenters. The molecule has 1 rings (SSSR count). The number of nitrogens with one attached hydrogen (secondary N) is 2. The van der Waals surface area contributed by atoms with Crippen molar-refractivity contribution < 1.29 is 9.59 Å². The van der Waals surface area contributed by atoms with Crippen LogP contribution in [0.3, 0.4) is 0 Å². The van der Waals surface area contributed by atoms with Gasteiger partial charge in [0.25, 0.3) is 0 Å². The van der Waals surface area contributed by atoms with Crippen molar-refractivity contribution in [1.29, 1.82) is 0 Å². The lowest BCUT2D eigenvalue weighted by Gasteiger charge is -2.02. The Hall–Kier alpha value is -1.98. The van der Waals surface area contributed by atoms with Crippen LogP contribution < -0.4 is 5.32 Å². The van der Waals surface area contributed by atoms with E-state index in [0.29, 0.717) is 5.82 Å².